The molecule has 0 aliphatic carbocycles. The molecule has 2 rings (SSSR count). The maximum atomic E-state index is 5.91. The number of rotatable bonds is 13. The third-order valence-electron chi connectivity index (χ3n) is 5.34. The summed E-state index contributed by atoms with van der Waals surface area (Å²) in [6, 6.07) is 6.57. The molecule has 3 N–H and O–H groups in total. The smallest absolute Gasteiger partial charge is 0.222 e. The van der Waals surface area contributed by atoms with Crippen molar-refractivity contribution in [3.05, 3.63) is 40.6 Å². The van der Waals surface area contributed by atoms with Crippen LogP contribution in [-0.4, -0.2) is 49.2 Å². The van der Waals surface area contributed by atoms with Crippen LogP contribution in [0, 0.1) is 6.92 Å². The monoisotopic (exact) mass is 413 g/mol. The number of aromatic nitrogens is 2. The largest absolute Gasteiger partial charge is 0.496 e. The molecule has 0 amide bonds. The zero-order valence-corrected chi connectivity index (χ0v) is 19.4. The second-order valence-corrected chi connectivity index (χ2v) is 8.21. The fourth-order valence-corrected chi connectivity index (χ4v) is 3.60. The first-order valence-electron chi connectivity index (χ1n) is 11.1. The summed E-state index contributed by atoms with van der Waals surface area (Å²) in [5.41, 5.74) is 10.4. The van der Waals surface area contributed by atoms with Gasteiger partial charge in [0.1, 0.15) is 11.6 Å². The van der Waals surface area contributed by atoms with E-state index in [0.29, 0.717) is 12.4 Å². The fraction of sp³-hybridized carbons (Fsp3) is 0.583. The van der Waals surface area contributed by atoms with Gasteiger partial charge in [0.2, 0.25) is 5.95 Å². The zero-order chi connectivity index (χ0) is 21.9. The van der Waals surface area contributed by atoms with Crippen LogP contribution in [0.3, 0.4) is 0 Å². The van der Waals surface area contributed by atoms with Crippen LogP contribution in [0.1, 0.15) is 61.4 Å². The first kappa shape index (κ1) is 23.9. The first-order valence-corrected chi connectivity index (χ1v) is 11.1. The van der Waals surface area contributed by atoms with Crippen LogP contribution < -0.4 is 15.8 Å². The number of benzene rings is 1. The maximum Gasteiger partial charge on any atom is 0.222 e. The number of nitrogen functional groups attached to an aromatic ring is 1. The third-order valence-corrected chi connectivity index (χ3v) is 5.34. The van der Waals surface area contributed by atoms with Gasteiger partial charge in [0.15, 0.2) is 0 Å². The Morgan fingerprint density at radius 2 is 1.90 bits per heavy atom. The van der Waals surface area contributed by atoms with E-state index in [2.05, 4.69) is 59.4 Å². The molecular weight excluding hydrogens is 374 g/mol. The van der Waals surface area contributed by atoms with Gasteiger partial charge in [-0.3, -0.25) is 0 Å². The van der Waals surface area contributed by atoms with Gasteiger partial charge in [0.25, 0.3) is 0 Å². The van der Waals surface area contributed by atoms with E-state index in [1.807, 2.05) is 6.92 Å². The number of ether oxygens (including phenoxy) is 1. The molecule has 6 nitrogen and oxygen atoms in total. The van der Waals surface area contributed by atoms with E-state index in [0.717, 1.165) is 54.3 Å². The predicted molar refractivity (Wildman–Crippen MR) is 126 cm³/mol. The third kappa shape index (κ3) is 7.48. The minimum atomic E-state index is 0.314. The number of hydrogen-bond donors (Lipinski definition) is 2. The number of aryl methyl sites for hydroxylation is 2. The summed E-state index contributed by atoms with van der Waals surface area (Å²) in [5, 5.41) is 3.47. The molecule has 0 aliphatic rings. The van der Waals surface area contributed by atoms with Crippen molar-refractivity contribution in [2.24, 2.45) is 0 Å². The minimum absolute atomic E-state index is 0.314. The van der Waals surface area contributed by atoms with E-state index in [1.54, 1.807) is 7.11 Å². The number of methoxy groups -OCH3 is 1. The molecule has 6 heteroatoms. The molecule has 0 unspecified atom stereocenters. The number of nitrogens with zero attached hydrogens (tertiary/aromatic N) is 3. The highest BCUT2D eigenvalue weighted by Crippen LogP contribution is 2.28. The molecule has 1 aromatic carbocycles. The van der Waals surface area contributed by atoms with Gasteiger partial charge in [-0.2, -0.15) is 4.98 Å². The highest BCUT2D eigenvalue weighted by molar-refractivity contribution is 5.53. The van der Waals surface area contributed by atoms with Crippen molar-refractivity contribution in [2.75, 3.05) is 45.3 Å². The van der Waals surface area contributed by atoms with Gasteiger partial charge >= 0.3 is 0 Å². The Morgan fingerprint density at radius 1 is 1.10 bits per heavy atom. The standard InChI is InChI=1S/C24H39N5O/c1-6-7-9-14-26-23-21(18(2)27-24(25)28-23)17-20-13-12-19(16-22(20)30-5)11-8-10-15-29(3)4/h12-13,16H,6-11,14-15,17H2,1-5H3,(H3,25,26,27,28). The Kier molecular flexibility index (Phi) is 9.87. The molecule has 0 bridgehead atoms. The molecule has 166 valence electrons. The van der Waals surface area contributed by atoms with Crippen molar-refractivity contribution in [3.63, 3.8) is 0 Å². The first-order chi connectivity index (χ1) is 14.4. The molecule has 0 fully saturated rings. The van der Waals surface area contributed by atoms with Gasteiger partial charge in [-0.25, -0.2) is 4.98 Å². The summed E-state index contributed by atoms with van der Waals surface area (Å²) in [4.78, 5) is 11.1. The lowest BCUT2D eigenvalue weighted by Crippen LogP contribution is -2.13. The van der Waals surface area contributed by atoms with E-state index < -0.39 is 0 Å². The Balaban J connectivity index is 2.14. The Bertz CT molecular complexity index is 791. The van der Waals surface area contributed by atoms with E-state index in [1.165, 1.54) is 31.2 Å². The van der Waals surface area contributed by atoms with E-state index in [9.17, 15) is 0 Å². The lowest BCUT2D eigenvalue weighted by Gasteiger charge is -2.16. The predicted octanol–water partition coefficient (Wildman–Crippen LogP) is 4.45. The van der Waals surface area contributed by atoms with Crippen molar-refractivity contribution < 1.29 is 4.74 Å². The second kappa shape index (κ2) is 12.4. The fourth-order valence-electron chi connectivity index (χ4n) is 3.60. The summed E-state index contributed by atoms with van der Waals surface area (Å²) in [6.45, 7) is 6.21. The minimum Gasteiger partial charge on any atom is -0.496 e. The summed E-state index contributed by atoms with van der Waals surface area (Å²) >= 11 is 0. The van der Waals surface area contributed by atoms with Crippen LogP contribution in [0.2, 0.25) is 0 Å². The Labute approximate surface area is 182 Å². The van der Waals surface area contributed by atoms with Crippen LogP contribution in [-0.2, 0) is 12.8 Å². The number of nitrogens with two attached hydrogens (primary N) is 1. The Morgan fingerprint density at radius 3 is 2.60 bits per heavy atom. The number of hydrogen-bond acceptors (Lipinski definition) is 6. The molecular formula is C24H39N5O. The van der Waals surface area contributed by atoms with Gasteiger partial charge in [-0.1, -0.05) is 31.9 Å². The van der Waals surface area contributed by atoms with Crippen molar-refractivity contribution in [2.45, 2.75) is 58.8 Å². The van der Waals surface area contributed by atoms with E-state index in [-0.39, 0.29) is 0 Å². The average molecular weight is 414 g/mol. The molecule has 2 aromatic rings. The van der Waals surface area contributed by atoms with Crippen molar-refractivity contribution in [3.8, 4) is 5.75 Å². The van der Waals surface area contributed by atoms with Gasteiger partial charge in [-0.05, 0) is 70.4 Å². The van der Waals surface area contributed by atoms with Gasteiger partial charge in [0.05, 0.1) is 7.11 Å². The normalized spacial score (nSPS) is 11.1. The molecule has 0 saturated carbocycles. The number of nitrogens with one attached hydrogen (secondary N) is 1. The maximum absolute atomic E-state index is 5.91. The zero-order valence-electron chi connectivity index (χ0n) is 19.4. The van der Waals surface area contributed by atoms with Crippen LogP contribution in [0.5, 0.6) is 5.75 Å². The summed E-state index contributed by atoms with van der Waals surface area (Å²) < 4.78 is 5.73. The van der Waals surface area contributed by atoms with E-state index >= 15 is 0 Å². The van der Waals surface area contributed by atoms with Crippen molar-refractivity contribution in [1.29, 1.82) is 0 Å². The molecule has 0 radical (unpaired) electrons. The van der Waals surface area contributed by atoms with Crippen LogP contribution in [0.15, 0.2) is 18.2 Å². The summed E-state index contributed by atoms with van der Waals surface area (Å²) in [6.07, 6.45) is 7.67. The molecule has 0 saturated heterocycles. The van der Waals surface area contributed by atoms with E-state index in [4.69, 9.17) is 10.5 Å². The van der Waals surface area contributed by atoms with Crippen molar-refractivity contribution in [1.82, 2.24) is 14.9 Å². The molecule has 0 aliphatic heterocycles. The average Bonchev–Trinajstić information content (AvgIpc) is 2.71. The van der Waals surface area contributed by atoms with Crippen LogP contribution >= 0.6 is 0 Å². The van der Waals surface area contributed by atoms with Crippen molar-refractivity contribution >= 4 is 11.8 Å². The quantitative estimate of drug-likeness (QED) is 0.472. The molecule has 0 spiro atoms. The molecule has 1 heterocycles. The lowest BCUT2D eigenvalue weighted by atomic mass is 9.99. The SMILES string of the molecule is CCCCCNc1nc(N)nc(C)c1Cc1ccc(CCCCN(C)C)cc1OC. The number of anilines is 2. The Hall–Kier alpha value is -2.34. The second-order valence-electron chi connectivity index (χ2n) is 8.21. The molecule has 0 atom stereocenters. The molecule has 1 aromatic heterocycles. The lowest BCUT2D eigenvalue weighted by molar-refractivity contribution is 0.394. The topological polar surface area (TPSA) is 76.3 Å². The molecule has 30 heavy (non-hydrogen) atoms. The summed E-state index contributed by atoms with van der Waals surface area (Å²) in [7, 11) is 5.98. The summed E-state index contributed by atoms with van der Waals surface area (Å²) in [5.74, 6) is 2.08. The van der Waals surface area contributed by atoms with Crippen LogP contribution in [0.25, 0.3) is 0 Å². The van der Waals surface area contributed by atoms with Gasteiger partial charge in [0, 0.05) is 24.2 Å². The van der Waals surface area contributed by atoms with Gasteiger partial charge < -0.3 is 20.7 Å². The highest BCUT2D eigenvalue weighted by atomic mass is 16.5. The van der Waals surface area contributed by atoms with Crippen LogP contribution in [0.4, 0.5) is 11.8 Å². The number of unbranched alkanes of at least 4 members (excludes halogenated alkanes) is 3. The highest BCUT2D eigenvalue weighted by Gasteiger charge is 2.14. The van der Waals surface area contributed by atoms with Gasteiger partial charge in [-0.15, -0.1) is 0 Å².